The van der Waals surface area contributed by atoms with Gasteiger partial charge in [0.2, 0.25) is 5.91 Å². The lowest BCUT2D eigenvalue weighted by Crippen LogP contribution is -2.43. The standard InChI is InChI=1S/C18H21N3O3S/c1-24-15-6-4-14(5-7-15)19-17(22)13-8-10-21(11-9-13)18(23)20-16-3-2-12-25-16/h2-7,12-13H,8-11H2,1H3,(H,19,22)(H,20,23). The van der Waals surface area contributed by atoms with E-state index < -0.39 is 0 Å². The zero-order chi connectivity index (χ0) is 17.6. The van der Waals surface area contributed by atoms with E-state index in [1.54, 1.807) is 12.0 Å². The van der Waals surface area contributed by atoms with Gasteiger partial charge in [-0.15, -0.1) is 11.3 Å². The Labute approximate surface area is 150 Å². The van der Waals surface area contributed by atoms with Crippen molar-refractivity contribution in [3.05, 3.63) is 41.8 Å². The molecule has 1 saturated heterocycles. The summed E-state index contributed by atoms with van der Waals surface area (Å²) in [4.78, 5) is 26.4. The molecule has 2 N–H and O–H groups in total. The molecule has 0 saturated carbocycles. The number of amides is 3. The van der Waals surface area contributed by atoms with Gasteiger partial charge >= 0.3 is 6.03 Å². The van der Waals surface area contributed by atoms with Crippen LogP contribution in [0.2, 0.25) is 0 Å². The smallest absolute Gasteiger partial charge is 0.322 e. The summed E-state index contributed by atoms with van der Waals surface area (Å²) in [6.45, 7) is 1.16. The number of benzene rings is 1. The van der Waals surface area contributed by atoms with Crippen LogP contribution in [0.5, 0.6) is 5.75 Å². The van der Waals surface area contributed by atoms with E-state index in [1.807, 2.05) is 41.8 Å². The van der Waals surface area contributed by atoms with Gasteiger partial charge in [0.1, 0.15) is 5.75 Å². The molecule has 7 heteroatoms. The van der Waals surface area contributed by atoms with Crippen molar-refractivity contribution in [2.24, 2.45) is 5.92 Å². The van der Waals surface area contributed by atoms with Gasteiger partial charge in [0.05, 0.1) is 12.1 Å². The maximum atomic E-state index is 12.4. The summed E-state index contributed by atoms with van der Waals surface area (Å²) in [6.07, 6.45) is 1.33. The molecule has 2 heterocycles. The summed E-state index contributed by atoms with van der Waals surface area (Å²) in [5.41, 5.74) is 0.753. The number of thiophene rings is 1. The number of hydrogen-bond acceptors (Lipinski definition) is 4. The van der Waals surface area contributed by atoms with Crippen LogP contribution in [0.1, 0.15) is 12.8 Å². The highest BCUT2D eigenvalue weighted by molar-refractivity contribution is 7.14. The molecule has 3 rings (SSSR count). The first-order valence-electron chi connectivity index (χ1n) is 8.20. The Morgan fingerprint density at radius 3 is 2.44 bits per heavy atom. The van der Waals surface area contributed by atoms with Crippen LogP contribution in [-0.4, -0.2) is 37.0 Å². The number of carbonyl (C=O) groups excluding carboxylic acids is 2. The number of hydrogen-bond donors (Lipinski definition) is 2. The van der Waals surface area contributed by atoms with E-state index in [0.29, 0.717) is 25.9 Å². The number of nitrogens with zero attached hydrogens (tertiary/aromatic N) is 1. The molecule has 1 aliphatic heterocycles. The van der Waals surface area contributed by atoms with Crippen LogP contribution in [0.15, 0.2) is 41.8 Å². The Morgan fingerprint density at radius 2 is 1.84 bits per heavy atom. The maximum absolute atomic E-state index is 12.4. The van der Waals surface area contributed by atoms with Crippen molar-refractivity contribution in [1.82, 2.24) is 4.90 Å². The van der Waals surface area contributed by atoms with Gasteiger partial charge in [-0.25, -0.2) is 4.79 Å². The van der Waals surface area contributed by atoms with Crippen LogP contribution < -0.4 is 15.4 Å². The van der Waals surface area contributed by atoms with Crippen LogP contribution in [0, 0.1) is 5.92 Å². The van der Waals surface area contributed by atoms with E-state index in [1.165, 1.54) is 11.3 Å². The maximum Gasteiger partial charge on any atom is 0.322 e. The molecule has 1 aromatic carbocycles. The van der Waals surface area contributed by atoms with Crippen molar-refractivity contribution in [3.63, 3.8) is 0 Å². The normalized spacial score (nSPS) is 14.8. The third kappa shape index (κ3) is 4.51. The number of carbonyl (C=O) groups is 2. The molecule has 0 radical (unpaired) electrons. The minimum Gasteiger partial charge on any atom is -0.497 e. The fraction of sp³-hybridized carbons (Fsp3) is 0.333. The van der Waals surface area contributed by atoms with Gasteiger partial charge in [-0.2, -0.15) is 0 Å². The first kappa shape index (κ1) is 17.3. The Morgan fingerprint density at radius 1 is 1.12 bits per heavy atom. The van der Waals surface area contributed by atoms with Crippen molar-refractivity contribution in [2.45, 2.75) is 12.8 Å². The summed E-state index contributed by atoms with van der Waals surface area (Å²) in [7, 11) is 1.61. The molecule has 1 fully saturated rings. The quantitative estimate of drug-likeness (QED) is 0.875. The van der Waals surface area contributed by atoms with Gasteiger partial charge in [0.25, 0.3) is 0 Å². The third-order valence-electron chi connectivity index (χ3n) is 4.26. The summed E-state index contributed by atoms with van der Waals surface area (Å²) < 4.78 is 5.11. The topological polar surface area (TPSA) is 70.7 Å². The average molecular weight is 359 g/mol. The largest absolute Gasteiger partial charge is 0.497 e. The summed E-state index contributed by atoms with van der Waals surface area (Å²) in [5.74, 6) is 0.680. The van der Waals surface area contributed by atoms with Gasteiger partial charge in [0.15, 0.2) is 0 Å². The lowest BCUT2D eigenvalue weighted by Gasteiger charge is -2.31. The lowest BCUT2D eigenvalue weighted by molar-refractivity contribution is -0.121. The Balaban J connectivity index is 1.47. The first-order chi connectivity index (χ1) is 12.2. The summed E-state index contributed by atoms with van der Waals surface area (Å²) in [6, 6.07) is 10.9. The summed E-state index contributed by atoms with van der Waals surface area (Å²) in [5, 5.41) is 8.57. The monoisotopic (exact) mass is 359 g/mol. The Hall–Kier alpha value is -2.54. The highest BCUT2D eigenvalue weighted by Gasteiger charge is 2.27. The van der Waals surface area contributed by atoms with Crippen LogP contribution in [-0.2, 0) is 4.79 Å². The van der Waals surface area contributed by atoms with E-state index in [-0.39, 0.29) is 17.9 Å². The molecule has 1 aliphatic rings. The zero-order valence-corrected chi connectivity index (χ0v) is 14.8. The van der Waals surface area contributed by atoms with Crippen molar-refractivity contribution in [1.29, 1.82) is 0 Å². The molecule has 132 valence electrons. The zero-order valence-electron chi connectivity index (χ0n) is 14.0. The van der Waals surface area contributed by atoms with Crippen molar-refractivity contribution >= 4 is 34.0 Å². The lowest BCUT2D eigenvalue weighted by atomic mass is 9.96. The van der Waals surface area contributed by atoms with E-state index in [9.17, 15) is 9.59 Å². The van der Waals surface area contributed by atoms with Crippen LogP contribution in [0.3, 0.4) is 0 Å². The van der Waals surface area contributed by atoms with Crippen LogP contribution >= 0.6 is 11.3 Å². The number of urea groups is 1. The van der Waals surface area contributed by atoms with Crippen molar-refractivity contribution < 1.29 is 14.3 Å². The molecule has 0 atom stereocenters. The second kappa shape index (κ2) is 8.02. The molecule has 2 aromatic rings. The number of anilines is 2. The highest BCUT2D eigenvalue weighted by Crippen LogP contribution is 2.22. The number of rotatable bonds is 4. The van der Waals surface area contributed by atoms with E-state index in [4.69, 9.17) is 4.74 Å². The van der Waals surface area contributed by atoms with Crippen LogP contribution in [0.25, 0.3) is 0 Å². The number of nitrogens with one attached hydrogen (secondary N) is 2. The second-order valence-electron chi connectivity index (χ2n) is 5.89. The van der Waals surface area contributed by atoms with Gasteiger partial charge in [-0.05, 0) is 54.6 Å². The molecule has 3 amide bonds. The van der Waals surface area contributed by atoms with E-state index >= 15 is 0 Å². The van der Waals surface area contributed by atoms with Gasteiger partial charge in [-0.3, -0.25) is 10.1 Å². The number of piperidine rings is 1. The molecule has 6 nitrogen and oxygen atoms in total. The molecule has 0 unspecified atom stereocenters. The Kier molecular flexibility index (Phi) is 5.55. The number of ether oxygens (including phenoxy) is 1. The minimum atomic E-state index is -0.100. The molecule has 0 aliphatic carbocycles. The molecule has 0 spiro atoms. The second-order valence-corrected chi connectivity index (χ2v) is 6.83. The fourth-order valence-electron chi connectivity index (χ4n) is 2.80. The fourth-order valence-corrected chi connectivity index (χ4v) is 3.40. The number of methoxy groups -OCH3 is 1. The molecule has 0 bridgehead atoms. The van der Waals surface area contributed by atoms with Crippen LogP contribution in [0.4, 0.5) is 15.5 Å². The predicted molar refractivity (Wildman–Crippen MR) is 99.3 cm³/mol. The predicted octanol–water partition coefficient (Wildman–Crippen LogP) is 3.64. The first-order valence-corrected chi connectivity index (χ1v) is 9.08. The molecule has 1 aromatic heterocycles. The van der Waals surface area contributed by atoms with Crippen molar-refractivity contribution in [2.75, 3.05) is 30.8 Å². The van der Waals surface area contributed by atoms with E-state index in [2.05, 4.69) is 10.6 Å². The van der Waals surface area contributed by atoms with Crippen molar-refractivity contribution in [3.8, 4) is 5.75 Å². The molecular formula is C18H21N3O3S. The Bertz CT molecular complexity index is 708. The molecular weight excluding hydrogens is 338 g/mol. The van der Waals surface area contributed by atoms with E-state index in [0.717, 1.165) is 16.4 Å². The SMILES string of the molecule is COc1ccc(NC(=O)C2CCN(C(=O)Nc3cccs3)CC2)cc1. The number of likely N-dealkylation sites (tertiary alicyclic amines) is 1. The summed E-state index contributed by atoms with van der Waals surface area (Å²) >= 11 is 1.49. The minimum absolute atomic E-state index is 0.00322. The average Bonchev–Trinajstić information content (AvgIpc) is 3.15. The highest BCUT2D eigenvalue weighted by atomic mass is 32.1. The van der Waals surface area contributed by atoms with Gasteiger partial charge in [0, 0.05) is 24.7 Å². The molecule has 25 heavy (non-hydrogen) atoms. The van der Waals surface area contributed by atoms with Gasteiger partial charge < -0.3 is 15.0 Å². The van der Waals surface area contributed by atoms with Gasteiger partial charge in [-0.1, -0.05) is 0 Å². The third-order valence-corrected chi connectivity index (χ3v) is 5.05.